The Kier molecular flexibility index (Phi) is 4.56. The molecule has 0 radical (unpaired) electrons. The van der Waals surface area contributed by atoms with Gasteiger partial charge in [-0.2, -0.15) is 9.40 Å². The van der Waals surface area contributed by atoms with Gasteiger partial charge in [-0.3, -0.25) is 4.68 Å². The van der Waals surface area contributed by atoms with E-state index in [2.05, 4.69) is 16.9 Å². The summed E-state index contributed by atoms with van der Waals surface area (Å²) in [4.78, 5) is 2.42. The third kappa shape index (κ3) is 3.14. The van der Waals surface area contributed by atoms with Crippen LogP contribution >= 0.6 is 0 Å². The quantitative estimate of drug-likeness (QED) is 0.767. The topological polar surface area (TPSA) is 78.7 Å². The Morgan fingerprint density at radius 3 is 2.58 bits per heavy atom. The van der Waals surface area contributed by atoms with Gasteiger partial charge in [0, 0.05) is 32.4 Å². The maximum atomic E-state index is 12.4. The zero-order valence-corrected chi connectivity index (χ0v) is 11.9. The molecule has 0 unspecified atom stereocenters. The highest BCUT2D eigenvalue weighted by atomic mass is 32.2. The molecule has 1 aromatic rings. The lowest BCUT2D eigenvalue weighted by Crippen LogP contribution is -2.48. The molecule has 0 amide bonds. The molecule has 19 heavy (non-hydrogen) atoms. The van der Waals surface area contributed by atoms with Crippen molar-refractivity contribution in [1.82, 2.24) is 19.0 Å². The van der Waals surface area contributed by atoms with E-state index in [1.807, 2.05) is 0 Å². The minimum atomic E-state index is -3.45. The summed E-state index contributed by atoms with van der Waals surface area (Å²) in [5.74, 6) is 0. The van der Waals surface area contributed by atoms with Crippen molar-refractivity contribution < 1.29 is 13.5 Å². The molecule has 7 nitrogen and oxygen atoms in total. The number of rotatable bonds is 5. The third-order valence-corrected chi connectivity index (χ3v) is 5.21. The van der Waals surface area contributed by atoms with Gasteiger partial charge < -0.3 is 10.0 Å². The summed E-state index contributed by atoms with van der Waals surface area (Å²) < 4.78 is 27.7. The SMILES string of the molecule is CCN1CCN(S(=O)(=O)c2cnn(CCO)c2)CC1. The van der Waals surface area contributed by atoms with Gasteiger partial charge in [-0.25, -0.2) is 8.42 Å². The lowest BCUT2D eigenvalue weighted by molar-refractivity contribution is 0.196. The van der Waals surface area contributed by atoms with Crippen LogP contribution in [0.2, 0.25) is 0 Å². The number of aromatic nitrogens is 2. The highest BCUT2D eigenvalue weighted by Crippen LogP contribution is 2.16. The molecular weight excluding hydrogens is 268 g/mol. The van der Waals surface area contributed by atoms with Crippen LogP contribution in [0.3, 0.4) is 0 Å². The number of hydrogen-bond donors (Lipinski definition) is 1. The zero-order chi connectivity index (χ0) is 13.9. The second kappa shape index (κ2) is 6.00. The first-order valence-corrected chi connectivity index (χ1v) is 7.87. The van der Waals surface area contributed by atoms with Crippen molar-refractivity contribution in [3.63, 3.8) is 0 Å². The number of piperazine rings is 1. The fourth-order valence-corrected chi connectivity index (χ4v) is 3.52. The van der Waals surface area contributed by atoms with Crippen molar-refractivity contribution in [2.24, 2.45) is 0 Å². The molecule has 1 aromatic heterocycles. The van der Waals surface area contributed by atoms with Crippen LogP contribution in [0.5, 0.6) is 0 Å². The largest absolute Gasteiger partial charge is 0.394 e. The molecule has 8 heteroatoms. The molecular formula is C11H20N4O3S. The lowest BCUT2D eigenvalue weighted by atomic mass is 10.4. The first-order valence-electron chi connectivity index (χ1n) is 6.43. The Morgan fingerprint density at radius 1 is 1.32 bits per heavy atom. The van der Waals surface area contributed by atoms with Gasteiger partial charge >= 0.3 is 0 Å². The Balaban J connectivity index is 2.09. The Hall–Kier alpha value is -0.960. The smallest absolute Gasteiger partial charge is 0.246 e. The number of aliphatic hydroxyl groups excluding tert-OH is 1. The van der Waals surface area contributed by atoms with E-state index < -0.39 is 10.0 Å². The first kappa shape index (κ1) is 14.4. The molecule has 0 bridgehead atoms. The summed E-state index contributed by atoms with van der Waals surface area (Å²) in [5.41, 5.74) is 0. The predicted octanol–water partition coefficient (Wildman–Crippen LogP) is -0.798. The Labute approximate surface area is 113 Å². The molecule has 2 rings (SSSR count). The highest BCUT2D eigenvalue weighted by Gasteiger charge is 2.28. The molecule has 1 N–H and O–H groups in total. The van der Waals surface area contributed by atoms with Crippen LogP contribution in [-0.4, -0.2) is 71.8 Å². The van der Waals surface area contributed by atoms with E-state index in [0.29, 0.717) is 19.6 Å². The van der Waals surface area contributed by atoms with E-state index in [-0.39, 0.29) is 11.5 Å². The summed E-state index contributed by atoms with van der Waals surface area (Å²) in [6.07, 6.45) is 2.81. The van der Waals surface area contributed by atoms with Crippen molar-refractivity contribution >= 4 is 10.0 Å². The summed E-state index contributed by atoms with van der Waals surface area (Å²) in [5, 5.41) is 12.7. The van der Waals surface area contributed by atoms with E-state index in [9.17, 15) is 8.42 Å². The van der Waals surface area contributed by atoms with E-state index in [0.717, 1.165) is 19.6 Å². The van der Waals surface area contributed by atoms with Gasteiger partial charge in [0.25, 0.3) is 0 Å². The van der Waals surface area contributed by atoms with Gasteiger partial charge in [-0.05, 0) is 6.54 Å². The minimum Gasteiger partial charge on any atom is -0.394 e. The average molecular weight is 288 g/mol. The van der Waals surface area contributed by atoms with Crippen molar-refractivity contribution in [3.8, 4) is 0 Å². The summed E-state index contributed by atoms with van der Waals surface area (Å²) in [6, 6.07) is 0. The van der Waals surface area contributed by atoms with E-state index >= 15 is 0 Å². The molecule has 0 atom stereocenters. The number of nitrogens with zero attached hydrogens (tertiary/aromatic N) is 4. The van der Waals surface area contributed by atoms with Crippen LogP contribution in [0.25, 0.3) is 0 Å². The van der Waals surface area contributed by atoms with Crippen molar-refractivity contribution in [2.75, 3.05) is 39.3 Å². The van der Waals surface area contributed by atoms with Crippen molar-refractivity contribution in [2.45, 2.75) is 18.4 Å². The molecule has 1 aliphatic rings. The van der Waals surface area contributed by atoms with E-state index in [1.54, 1.807) is 0 Å². The van der Waals surface area contributed by atoms with Crippen LogP contribution in [-0.2, 0) is 16.6 Å². The van der Waals surface area contributed by atoms with Crippen LogP contribution in [0.1, 0.15) is 6.92 Å². The average Bonchev–Trinajstić information content (AvgIpc) is 2.89. The fourth-order valence-electron chi connectivity index (χ4n) is 2.14. The van der Waals surface area contributed by atoms with E-state index in [4.69, 9.17) is 5.11 Å². The molecule has 108 valence electrons. The molecule has 0 aliphatic carbocycles. The molecule has 1 saturated heterocycles. The monoisotopic (exact) mass is 288 g/mol. The first-order chi connectivity index (χ1) is 9.07. The summed E-state index contributed by atoms with van der Waals surface area (Å²) in [7, 11) is -3.45. The molecule has 0 saturated carbocycles. The highest BCUT2D eigenvalue weighted by molar-refractivity contribution is 7.89. The number of likely N-dealkylation sites (N-methyl/N-ethyl adjacent to an activating group) is 1. The van der Waals surface area contributed by atoms with Crippen molar-refractivity contribution in [1.29, 1.82) is 0 Å². The molecule has 1 aliphatic heterocycles. The maximum Gasteiger partial charge on any atom is 0.246 e. The van der Waals surface area contributed by atoms with Crippen LogP contribution < -0.4 is 0 Å². The molecule has 0 aromatic carbocycles. The van der Waals surface area contributed by atoms with Gasteiger partial charge in [0.15, 0.2) is 0 Å². The van der Waals surface area contributed by atoms with Gasteiger partial charge in [0.2, 0.25) is 10.0 Å². The Morgan fingerprint density at radius 2 is 2.00 bits per heavy atom. The van der Waals surface area contributed by atoms with E-state index in [1.165, 1.54) is 21.4 Å². The van der Waals surface area contributed by atoms with Gasteiger partial charge in [-0.15, -0.1) is 0 Å². The minimum absolute atomic E-state index is 0.0592. The second-order valence-corrected chi connectivity index (χ2v) is 6.44. The zero-order valence-electron chi connectivity index (χ0n) is 11.1. The second-order valence-electron chi connectivity index (χ2n) is 4.50. The number of aliphatic hydroxyl groups is 1. The van der Waals surface area contributed by atoms with Gasteiger partial charge in [0.1, 0.15) is 4.90 Å². The molecule has 2 heterocycles. The fraction of sp³-hybridized carbons (Fsp3) is 0.727. The maximum absolute atomic E-state index is 12.4. The standard InChI is InChI=1S/C11H20N4O3S/c1-2-13-3-5-15(6-4-13)19(17,18)11-9-12-14(10-11)7-8-16/h9-10,16H,2-8H2,1H3. The normalized spacial score (nSPS) is 18.8. The van der Waals surface area contributed by atoms with Gasteiger partial charge in [-0.1, -0.05) is 6.92 Å². The van der Waals surface area contributed by atoms with Crippen molar-refractivity contribution in [3.05, 3.63) is 12.4 Å². The lowest BCUT2D eigenvalue weighted by Gasteiger charge is -2.32. The summed E-state index contributed by atoms with van der Waals surface area (Å²) >= 11 is 0. The van der Waals surface area contributed by atoms with Crippen LogP contribution in [0.4, 0.5) is 0 Å². The van der Waals surface area contributed by atoms with Crippen LogP contribution in [0.15, 0.2) is 17.3 Å². The number of sulfonamides is 1. The molecule has 0 spiro atoms. The van der Waals surface area contributed by atoms with Gasteiger partial charge in [0.05, 0.1) is 19.3 Å². The summed E-state index contributed by atoms with van der Waals surface area (Å²) in [6.45, 7) is 5.82. The predicted molar refractivity (Wildman–Crippen MR) is 70.2 cm³/mol. The Bertz CT molecular complexity index is 506. The number of hydrogen-bond acceptors (Lipinski definition) is 5. The van der Waals surface area contributed by atoms with Crippen LogP contribution in [0, 0.1) is 0 Å². The molecule has 1 fully saturated rings. The third-order valence-electron chi connectivity index (χ3n) is 3.35.